The first-order chi connectivity index (χ1) is 8.63. The first kappa shape index (κ1) is 13.4. The highest BCUT2D eigenvalue weighted by Crippen LogP contribution is 2.37. The summed E-state index contributed by atoms with van der Waals surface area (Å²) in [6.07, 6.45) is 3.75. The molecule has 3 nitrogen and oxygen atoms in total. The third-order valence-corrected chi connectivity index (χ3v) is 3.59. The lowest BCUT2D eigenvalue weighted by atomic mass is 9.96. The summed E-state index contributed by atoms with van der Waals surface area (Å²) in [7, 11) is 1.42. The van der Waals surface area contributed by atoms with E-state index in [0.717, 1.165) is 25.8 Å². The number of hydrogen-bond donors (Lipinski definition) is 2. The first-order valence-electron chi connectivity index (χ1n) is 6.10. The van der Waals surface area contributed by atoms with Crippen molar-refractivity contribution in [1.29, 1.82) is 0 Å². The van der Waals surface area contributed by atoms with Gasteiger partial charge in [0.15, 0.2) is 11.5 Å². The summed E-state index contributed by atoms with van der Waals surface area (Å²) in [5, 5.41) is 13.0. The molecule has 0 amide bonds. The Morgan fingerprint density at radius 2 is 2.33 bits per heavy atom. The van der Waals surface area contributed by atoms with Crippen LogP contribution in [0.4, 0.5) is 4.39 Å². The molecule has 18 heavy (non-hydrogen) atoms. The van der Waals surface area contributed by atoms with Crippen molar-refractivity contribution in [2.45, 2.75) is 31.7 Å². The number of hydrogen-bond acceptors (Lipinski definition) is 3. The van der Waals surface area contributed by atoms with Crippen molar-refractivity contribution in [2.24, 2.45) is 0 Å². The Kier molecular flexibility index (Phi) is 4.30. The lowest BCUT2D eigenvalue weighted by molar-refractivity contribution is 0.352. The monoisotopic (exact) mass is 273 g/mol. The maximum atomic E-state index is 14.0. The topological polar surface area (TPSA) is 41.5 Å². The van der Waals surface area contributed by atoms with Gasteiger partial charge in [-0.05, 0) is 25.8 Å². The highest BCUT2D eigenvalue weighted by molar-refractivity contribution is 6.31. The number of halogens is 2. The zero-order valence-electron chi connectivity index (χ0n) is 10.3. The van der Waals surface area contributed by atoms with Crippen molar-refractivity contribution in [3.8, 4) is 11.5 Å². The van der Waals surface area contributed by atoms with E-state index < -0.39 is 5.82 Å². The Labute approximate surface area is 111 Å². The molecule has 0 saturated carbocycles. The van der Waals surface area contributed by atoms with E-state index in [9.17, 15) is 9.50 Å². The Balaban J connectivity index is 2.29. The standard InChI is InChI=1S/C13H17ClFNO2/c1-18-13-9(6-8-4-2-3-5-16-8)12(15)10(14)7-11(13)17/h7-8,16-17H,2-6H2,1H3. The van der Waals surface area contributed by atoms with Crippen LogP contribution >= 0.6 is 11.6 Å². The predicted octanol–water partition coefficient (Wildman–Crippen LogP) is 2.88. The average Bonchev–Trinajstić information content (AvgIpc) is 2.37. The van der Waals surface area contributed by atoms with Gasteiger partial charge in [0.2, 0.25) is 0 Å². The van der Waals surface area contributed by atoms with Gasteiger partial charge in [0.1, 0.15) is 5.82 Å². The number of benzene rings is 1. The van der Waals surface area contributed by atoms with E-state index in [2.05, 4.69) is 5.32 Å². The van der Waals surface area contributed by atoms with Crippen molar-refractivity contribution in [1.82, 2.24) is 5.32 Å². The number of ether oxygens (including phenoxy) is 1. The summed E-state index contributed by atoms with van der Waals surface area (Å²) >= 11 is 5.75. The van der Waals surface area contributed by atoms with Gasteiger partial charge < -0.3 is 15.2 Å². The van der Waals surface area contributed by atoms with E-state index in [4.69, 9.17) is 16.3 Å². The molecule has 2 N–H and O–H groups in total. The van der Waals surface area contributed by atoms with Crippen LogP contribution in [0.5, 0.6) is 11.5 Å². The van der Waals surface area contributed by atoms with Gasteiger partial charge >= 0.3 is 0 Å². The highest BCUT2D eigenvalue weighted by Gasteiger charge is 2.22. The lowest BCUT2D eigenvalue weighted by Crippen LogP contribution is -2.35. The Hall–Kier alpha value is -1.00. The molecule has 100 valence electrons. The van der Waals surface area contributed by atoms with Crippen LogP contribution < -0.4 is 10.1 Å². The van der Waals surface area contributed by atoms with Gasteiger partial charge in [-0.3, -0.25) is 0 Å². The van der Waals surface area contributed by atoms with Gasteiger partial charge in [0.05, 0.1) is 12.1 Å². The molecular formula is C13H17ClFNO2. The molecule has 2 rings (SSSR count). The molecule has 1 aromatic carbocycles. The molecule has 0 aromatic heterocycles. The summed E-state index contributed by atoms with van der Waals surface area (Å²) in [6, 6.07) is 1.38. The maximum Gasteiger partial charge on any atom is 0.166 e. The molecule has 1 aliphatic heterocycles. The van der Waals surface area contributed by atoms with Gasteiger partial charge in [-0.1, -0.05) is 18.0 Å². The van der Waals surface area contributed by atoms with Crippen LogP contribution in [0.2, 0.25) is 5.02 Å². The summed E-state index contributed by atoms with van der Waals surface area (Å²) in [5.74, 6) is -0.433. The summed E-state index contributed by atoms with van der Waals surface area (Å²) in [4.78, 5) is 0. The highest BCUT2D eigenvalue weighted by atomic mass is 35.5. The molecule has 1 fully saturated rings. The minimum absolute atomic E-state index is 0.0703. The summed E-state index contributed by atoms with van der Waals surface area (Å²) < 4.78 is 19.1. The van der Waals surface area contributed by atoms with Crippen molar-refractivity contribution < 1.29 is 14.2 Å². The number of aromatic hydroxyl groups is 1. The van der Waals surface area contributed by atoms with E-state index in [1.165, 1.54) is 13.2 Å². The van der Waals surface area contributed by atoms with Crippen LogP contribution in [0.25, 0.3) is 0 Å². The molecule has 0 bridgehead atoms. The van der Waals surface area contributed by atoms with E-state index in [-0.39, 0.29) is 22.6 Å². The fourth-order valence-corrected chi connectivity index (χ4v) is 2.62. The minimum Gasteiger partial charge on any atom is -0.504 e. The molecule has 0 spiro atoms. The quantitative estimate of drug-likeness (QED) is 0.890. The van der Waals surface area contributed by atoms with Crippen LogP contribution in [0.1, 0.15) is 24.8 Å². The Bertz CT molecular complexity index is 433. The molecule has 5 heteroatoms. The first-order valence-corrected chi connectivity index (χ1v) is 6.48. The summed E-state index contributed by atoms with van der Waals surface area (Å²) in [5.41, 5.74) is 0.349. The molecule has 1 aliphatic rings. The third-order valence-electron chi connectivity index (χ3n) is 3.31. The fraction of sp³-hybridized carbons (Fsp3) is 0.538. The van der Waals surface area contributed by atoms with Crippen molar-refractivity contribution in [2.75, 3.05) is 13.7 Å². The van der Waals surface area contributed by atoms with Gasteiger partial charge in [-0.15, -0.1) is 0 Å². The number of piperidine rings is 1. The second-order valence-corrected chi connectivity index (χ2v) is 4.96. The number of rotatable bonds is 3. The lowest BCUT2D eigenvalue weighted by Gasteiger charge is -2.24. The minimum atomic E-state index is -0.501. The van der Waals surface area contributed by atoms with Crippen LogP contribution in [0, 0.1) is 5.82 Å². The van der Waals surface area contributed by atoms with Crippen LogP contribution in [0.15, 0.2) is 6.07 Å². The summed E-state index contributed by atoms with van der Waals surface area (Å²) in [6.45, 7) is 0.946. The van der Waals surface area contributed by atoms with Crippen LogP contribution in [-0.2, 0) is 6.42 Å². The van der Waals surface area contributed by atoms with E-state index in [0.29, 0.717) is 12.0 Å². The second-order valence-electron chi connectivity index (χ2n) is 4.55. The van der Waals surface area contributed by atoms with Crippen molar-refractivity contribution >= 4 is 11.6 Å². The molecular weight excluding hydrogens is 257 g/mol. The molecule has 0 aliphatic carbocycles. The fourth-order valence-electron chi connectivity index (χ4n) is 2.40. The molecule has 0 radical (unpaired) electrons. The van der Waals surface area contributed by atoms with Gasteiger partial charge in [-0.2, -0.15) is 0 Å². The Morgan fingerprint density at radius 1 is 1.56 bits per heavy atom. The van der Waals surface area contributed by atoms with E-state index in [1.807, 2.05) is 0 Å². The van der Waals surface area contributed by atoms with Gasteiger partial charge in [-0.25, -0.2) is 4.39 Å². The van der Waals surface area contributed by atoms with Gasteiger partial charge in [0.25, 0.3) is 0 Å². The Morgan fingerprint density at radius 3 is 2.94 bits per heavy atom. The number of methoxy groups -OCH3 is 1. The molecule has 1 atom stereocenters. The second kappa shape index (κ2) is 5.76. The predicted molar refractivity (Wildman–Crippen MR) is 69.0 cm³/mol. The third kappa shape index (κ3) is 2.70. The van der Waals surface area contributed by atoms with E-state index in [1.54, 1.807) is 0 Å². The molecule has 1 heterocycles. The molecule has 1 unspecified atom stereocenters. The normalized spacial score (nSPS) is 19.8. The SMILES string of the molecule is COc1c(O)cc(Cl)c(F)c1CC1CCCCN1. The largest absolute Gasteiger partial charge is 0.504 e. The smallest absolute Gasteiger partial charge is 0.166 e. The van der Waals surface area contributed by atoms with Crippen molar-refractivity contribution in [3.05, 3.63) is 22.5 Å². The molecule has 1 aromatic rings. The zero-order chi connectivity index (χ0) is 13.1. The van der Waals surface area contributed by atoms with E-state index >= 15 is 0 Å². The number of phenols is 1. The average molecular weight is 274 g/mol. The maximum absolute atomic E-state index is 14.0. The van der Waals surface area contributed by atoms with Crippen molar-refractivity contribution in [3.63, 3.8) is 0 Å². The van der Waals surface area contributed by atoms with Gasteiger partial charge in [0, 0.05) is 17.7 Å². The van der Waals surface area contributed by atoms with Crippen LogP contribution in [0.3, 0.4) is 0 Å². The number of nitrogens with one attached hydrogen (secondary N) is 1. The molecule has 1 saturated heterocycles. The van der Waals surface area contributed by atoms with Crippen LogP contribution in [-0.4, -0.2) is 24.8 Å². The zero-order valence-corrected chi connectivity index (χ0v) is 11.1. The number of phenolic OH excluding ortho intramolecular Hbond substituents is 1.